The SMILES string of the molecule is CCOC(=O)CC1=Cc2ccccc2Cc2ccccc21. The van der Waals surface area contributed by atoms with Crippen molar-refractivity contribution in [2.45, 2.75) is 19.8 Å². The van der Waals surface area contributed by atoms with Gasteiger partial charge in [0.05, 0.1) is 13.0 Å². The van der Waals surface area contributed by atoms with Crippen molar-refractivity contribution in [3.05, 3.63) is 70.8 Å². The second-order valence-corrected chi connectivity index (χ2v) is 5.18. The van der Waals surface area contributed by atoms with Gasteiger partial charge in [-0.05, 0) is 41.2 Å². The summed E-state index contributed by atoms with van der Waals surface area (Å²) in [5, 5.41) is 0. The number of benzene rings is 2. The summed E-state index contributed by atoms with van der Waals surface area (Å²) < 4.78 is 5.11. The quantitative estimate of drug-likeness (QED) is 0.791. The lowest BCUT2D eigenvalue weighted by Gasteiger charge is -2.10. The van der Waals surface area contributed by atoms with E-state index in [0.29, 0.717) is 13.0 Å². The Morgan fingerprint density at radius 3 is 2.57 bits per heavy atom. The summed E-state index contributed by atoms with van der Waals surface area (Å²) in [6.45, 7) is 2.26. The lowest BCUT2D eigenvalue weighted by Crippen LogP contribution is -2.05. The van der Waals surface area contributed by atoms with Gasteiger partial charge in [0, 0.05) is 0 Å². The third kappa shape index (κ3) is 2.89. The van der Waals surface area contributed by atoms with Crippen LogP contribution in [0.25, 0.3) is 11.6 Å². The molecule has 3 rings (SSSR count). The molecular weight excluding hydrogens is 260 g/mol. The van der Waals surface area contributed by atoms with Crippen molar-refractivity contribution in [2.24, 2.45) is 0 Å². The molecule has 1 aliphatic carbocycles. The van der Waals surface area contributed by atoms with Gasteiger partial charge in [-0.3, -0.25) is 4.79 Å². The number of ether oxygens (including phenoxy) is 1. The number of hydrogen-bond acceptors (Lipinski definition) is 2. The van der Waals surface area contributed by atoms with Crippen molar-refractivity contribution in [3.8, 4) is 0 Å². The number of esters is 1. The second-order valence-electron chi connectivity index (χ2n) is 5.18. The van der Waals surface area contributed by atoms with Gasteiger partial charge in [0.1, 0.15) is 0 Å². The van der Waals surface area contributed by atoms with Crippen molar-refractivity contribution in [1.82, 2.24) is 0 Å². The average molecular weight is 278 g/mol. The Labute approximate surface area is 125 Å². The van der Waals surface area contributed by atoms with E-state index in [1.54, 1.807) is 0 Å². The first-order valence-corrected chi connectivity index (χ1v) is 7.30. The number of carbonyl (C=O) groups is 1. The number of carbonyl (C=O) groups excluding carboxylic acids is 1. The molecule has 0 N–H and O–H groups in total. The summed E-state index contributed by atoms with van der Waals surface area (Å²) in [5.41, 5.74) is 5.94. The van der Waals surface area contributed by atoms with Crippen molar-refractivity contribution in [1.29, 1.82) is 0 Å². The van der Waals surface area contributed by atoms with Crippen molar-refractivity contribution < 1.29 is 9.53 Å². The first-order valence-electron chi connectivity index (χ1n) is 7.30. The summed E-state index contributed by atoms with van der Waals surface area (Å²) in [7, 11) is 0. The molecule has 1 aliphatic rings. The highest BCUT2D eigenvalue weighted by molar-refractivity contribution is 5.94. The number of fused-ring (bicyclic) bond motifs is 2. The lowest BCUT2D eigenvalue weighted by molar-refractivity contribution is -0.141. The van der Waals surface area contributed by atoms with E-state index in [9.17, 15) is 4.79 Å². The van der Waals surface area contributed by atoms with Crippen LogP contribution in [0.2, 0.25) is 0 Å². The van der Waals surface area contributed by atoms with Crippen LogP contribution in [0.5, 0.6) is 0 Å². The fourth-order valence-corrected chi connectivity index (χ4v) is 2.81. The van der Waals surface area contributed by atoms with E-state index >= 15 is 0 Å². The fourth-order valence-electron chi connectivity index (χ4n) is 2.81. The molecule has 0 spiro atoms. The zero-order valence-corrected chi connectivity index (χ0v) is 12.1. The van der Waals surface area contributed by atoms with Crippen LogP contribution in [-0.4, -0.2) is 12.6 Å². The first-order chi connectivity index (χ1) is 10.3. The maximum atomic E-state index is 11.9. The highest BCUT2D eigenvalue weighted by Gasteiger charge is 2.17. The smallest absolute Gasteiger partial charge is 0.310 e. The molecule has 2 heteroatoms. The van der Waals surface area contributed by atoms with E-state index in [0.717, 1.165) is 17.6 Å². The van der Waals surface area contributed by atoms with Crippen LogP contribution in [0.3, 0.4) is 0 Å². The zero-order chi connectivity index (χ0) is 14.7. The van der Waals surface area contributed by atoms with E-state index in [-0.39, 0.29) is 5.97 Å². The average Bonchev–Trinajstić information content (AvgIpc) is 2.64. The maximum absolute atomic E-state index is 11.9. The van der Waals surface area contributed by atoms with E-state index in [1.807, 2.05) is 19.1 Å². The molecule has 2 nitrogen and oxygen atoms in total. The minimum absolute atomic E-state index is 0.169. The summed E-state index contributed by atoms with van der Waals surface area (Å²) >= 11 is 0. The van der Waals surface area contributed by atoms with E-state index in [1.165, 1.54) is 16.7 Å². The molecule has 0 saturated carbocycles. The van der Waals surface area contributed by atoms with Crippen LogP contribution in [0, 0.1) is 0 Å². The van der Waals surface area contributed by atoms with Gasteiger partial charge in [-0.1, -0.05) is 54.6 Å². The molecular formula is C19H18O2. The van der Waals surface area contributed by atoms with Crippen LogP contribution < -0.4 is 0 Å². The molecule has 21 heavy (non-hydrogen) atoms. The molecule has 0 aliphatic heterocycles. The molecule has 0 bridgehead atoms. The highest BCUT2D eigenvalue weighted by atomic mass is 16.5. The Morgan fingerprint density at radius 2 is 1.76 bits per heavy atom. The van der Waals surface area contributed by atoms with Gasteiger partial charge in [0.25, 0.3) is 0 Å². The maximum Gasteiger partial charge on any atom is 0.310 e. The predicted octanol–water partition coefficient (Wildman–Crippen LogP) is 4.08. The first kappa shape index (κ1) is 13.6. The van der Waals surface area contributed by atoms with E-state index < -0.39 is 0 Å². The minimum atomic E-state index is -0.169. The fraction of sp³-hybridized carbons (Fsp3) is 0.211. The molecule has 0 aromatic heterocycles. The minimum Gasteiger partial charge on any atom is -0.466 e. The molecule has 0 saturated heterocycles. The van der Waals surface area contributed by atoms with Gasteiger partial charge in [-0.25, -0.2) is 0 Å². The molecule has 2 aromatic rings. The second kappa shape index (κ2) is 5.96. The molecule has 106 valence electrons. The van der Waals surface area contributed by atoms with Gasteiger partial charge < -0.3 is 4.74 Å². The Hall–Kier alpha value is -2.35. The van der Waals surface area contributed by atoms with Gasteiger partial charge in [0.15, 0.2) is 0 Å². The largest absolute Gasteiger partial charge is 0.466 e. The summed E-state index contributed by atoms with van der Waals surface area (Å²) in [6, 6.07) is 16.6. The lowest BCUT2D eigenvalue weighted by atomic mass is 9.96. The number of rotatable bonds is 3. The Bertz CT molecular complexity index is 698. The Kier molecular flexibility index (Phi) is 3.87. The van der Waals surface area contributed by atoms with Gasteiger partial charge in [-0.2, -0.15) is 0 Å². The van der Waals surface area contributed by atoms with Gasteiger partial charge in [-0.15, -0.1) is 0 Å². The topological polar surface area (TPSA) is 26.3 Å². The van der Waals surface area contributed by atoms with E-state index in [2.05, 4.69) is 42.5 Å². The van der Waals surface area contributed by atoms with Crippen molar-refractivity contribution in [3.63, 3.8) is 0 Å². The Morgan fingerprint density at radius 1 is 1.05 bits per heavy atom. The summed E-state index contributed by atoms with van der Waals surface area (Å²) in [5.74, 6) is -0.169. The summed E-state index contributed by atoms with van der Waals surface area (Å²) in [6.07, 6.45) is 3.34. The molecule has 0 unspecified atom stereocenters. The molecule has 0 fully saturated rings. The molecule has 0 heterocycles. The number of hydrogen-bond donors (Lipinski definition) is 0. The Balaban J connectivity index is 2.06. The highest BCUT2D eigenvalue weighted by Crippen LogP contribution is 2.32. The zero-order valence-electron chi connectivity index (χ0n) is 12.1. The third-order valence-electron chi connectivity index (χ3n) is 3.77. The van der Waals surface area contributed by atoms with Crippen LogP contribution in [-0.2, 0) is 16.0 Å². The molecule has 0 amide bonds. The monoisotopic (exact) mass is 278 g/mol. The van der Waals surface area contributed by atoms with Crippen LogP contribution in [0.4, 0.5) is 0 Å². The summed E-state index contributed by atoms with van der Waals surface area (Å²) in [4.78, 5) is 11.9. The van der Waals surface area contributed by atoms with E-state index in [4.69, 9.17) is 4.74 Å². The standard InChI is InChI=1S/C19H18O2/c1-2-21-19(20)13-17-12-15-8-4-3-7-14(15)11-16-9-5-6-10-18(16)17/h3-10,12H,2,11,13H2,1H3. The van der Waals surface area contributed by atoms with Crippen molar-refractivity contribution in [2.75, 3.05) is 6.61 Å². The molecule has 0 atom stereocenters. The molecule has 0 radical (unpaired) electrons. The predicted molar refractivity (Wildman–Crippen MR) is 84.8 cm³/mol. The normalized spacial score (nSPS) is 12.7. The van der Waals surface area contributed by atoms with Crippen molar-refractivity contribution >= 4 is 17.6 Å². The van der Waals surface area contributed by atoms with Gasteiger partial charge >= 0.3 is 5.97 Å². The molecule has 2 aromatic carbocycles. The van der Waals surface area contributed by atoms with Gasteiger partial charge in [0.2, 0.25) is 0 Å². The third-order valence-corrected chi connectivity index (χ3v) is 3.77. The van der Waals surface area contributed by atoms with Crippen LogP contribution in [0.1, 0.15) is 35.6 Å². The van der Waals surface area contributed by atoms with Crippen LogP contribution >= 0.6 is 0 Å². The van der Waals surface area contributed by atoms with Crippen LogP contribution in [0.15, 0.2) is 48.5 Å².